The van der Waals surface area contributed by atoms with E-state index in [-0.39, 0.29) is 6.04 Å². The zero-order valence-corrected chi connectivity index (χ0v) is 11.1. The van der Waals surface area contributed by atoms with Gasteiger partial charge in [0, 0.05) is 11.1 Å². The minimum atomic E-state index is 0.0894. The number of hydrogen-bond donors (Lipinski definition) is 1. The average molecular weight is 245 g/mol. The van der Waals surface area contributed by atoms with Crippen LogP contribution in [0.1, 0.15) is 29.9 Å². The molecule has 1 heterocycles. The SMILES string of the molecule is CCOc1ccccc1C(NC)c1ccoc1C. The topological polar surface area (TPSA) is 34.4 Å². The van der Waals surface area contributed by atoms with E-state index in [1.54, 1.807) is 6.26 Å². The number of ether oxygens (including phenoxy) is 1. The van der Waals surface area contributed by atoms with Crippen LogP contribution in [-0.2, 0) is 0 Å². The fourth-order valence-corrected chi connectivity index (χ4v) is 2.18. The fraction of sp³-hybridized carbons (Fsp3) is 0.333. The first-order valence-corrected chi connectivity index (χ1v) is 6.21. The van der Waals surface area contributed by atoms with Gasteiger partial charge in [0.2, 0.25) is 0 Å². The predicted molar refractivity (Wildman–Crippen MR) is 72.0 cm³/mol. The summed E-state index contributed by atoms with van der Waals surface area (Å²) in [5.74, 6) is 1.85. The first kappa shape index (κ1) is 12.7. The maximum atomic E-state index is 5.69. The van der Waals surface area contributed by atoms with Crippen LogP contribution in [0.5, 0.6) is 5.75 Å². The van der Waals surface area contributed by atoms with Gasteiger partial charge in [-0.1, -0.05) is 18.2 Å². The second-order valence-corrected chi connectivity index (χ2v) is 4.12. The standard InChI is InChI=1S/C15H19NO2/c1-4-17-14-8-6-5-7-13(14)15(16-3)12-9-10-18-11(12)2/h5-10,15-16H,4H2,1-3H3. The lowest BCUT2D eigenvalue weighted by atomic mass is 9.98. The minimum Gasteiger partial charge on any atom is -0.494 e. The molecule has 18 heavy (non-hydrogen) atoms. The summed E-state index contributed by atoms with van der Waals surface area (Å²) in [5, 5.41) is 3.32. The zero-order valence-electron chi connectivity index (χ0n) is 11.1. The first-order chi connectivity index (χ1) is 8.77. The third-order valence-electron chi connectivity index (χ3n) is 3.03. The number of rotatable bonds is 5. The molecule has 3 heteroatoms. The van der Waals surface area contributed by atoms with Crippen LogP contribution in [0.2, 0.25) is 0 Å². The molecule has 0 bridgehead atoms. The molecule has 0 aliphatic carbocycles. The molecule has 0 aliphatic rings. The smallest absolute Gasteiger partial charge is 0.124 e. The Morgan fingerprint density at radius 2 is 2.00 bits per heavy atom. The molecule has 1 atom stereocenters. The van der Waals surface area contributed by atoms with E-state index >= 15 is 0 Å². The van der Waals surface area contributed by atoms with Gasteiger partial charge in [-0.05, 0) is 33.0 Å². The normalized spacial score (nSPS) is 12.4. The van der Waals surface area contributed by atoms with Gasteiger partial charge in [-0.3, -0.25) is 0 Å². The molecule has 1 aromatic carbocycles. The first-order valence-electron chi connectivity index (χ1n) is 6.21. The zero-order chi connectivity index (χ0) is 13.0. The summed E-state index contributed by atoms with van der Waals surface area (Å²) < 4.78 is 11.1. The van der Waals surface area contributed by atoms with Crippen LogP contribution < -0.4 is 10.1 Å². The van der Waals surface area contributed by atoms with E-state index < -0.39 is 0 Å². The lowest BCUT2D eigenvalue weighted by molar-refractivity contribution is 0.334. The number of hydrogen-bond acceptors (Lipinski definition) is 3. The molecule has 96 valence electrons. The van der Waals surface area contributed by atoms with Crippen LogP contribution in [0.15, 0.2) is 41.0 Å². The van der Waals surface area contributed by atoms with E-state index in [0.29, 0.717) is 6.61 Å². The van der Waals surface area contributed by atoms with Crippen molar-refractivity contribution in [2.45, 2.75) is 19.9 Å². The second kappa shape index (κ2) is 5.74. The Balaban J connectivity index is 2.42. The van der Waals surface area contributed by atoms with Crippen LogP contribution in [0, 0.1) is 6.92 Å². The van der Waals surface area contributed by atoms with E-state index in [0.717, 1.165) is 22.6 Å². The molecule has 0 aliphatic heterocycles. The minimum absolute atomic E-state index is 0.0894. The van der Waals surface area contributed by atoms with Gasteiger partial charge in [-0.25, -0.2) is 0 Å². The molecule has 0 radical (unpaired) electrons. The molecule has 0 spiro atoms. The summed E-state index contributed by atoms with van der Waals surface area (Å²) in [7, 11) is 1.94. The van der Waals surface area contributed by atoms with Gasteiger partial charge in [0.05, 0.1) is 18.9 Å². The average Bonchev–Trinajstić information content (AvgIpc) is 2.79. The van der Waals surface area contributed by atoms with E-state index in [2.05, 4.69) is 11.4 Å². The van der Waals surface area contributed by atoms with E-state index in [1.807, 2.05) is 45.2 Å². The van der Waals surface area contributed by atoms with Crippen molar-refractivity contribution in [2.75, 3.05) is 13.7 Å². The highest BCUT2D eigenvalue weighted by molar-refractivity contribution is 5.42. The Labute approximate surface area is 108 Å². The van der Waals surface area contributed by atoms with Gasteiger partial charge < -0.3 is 14.5 Å². The summed E-state index contributed by atoms with van der Waals surface area (Å²) >= 11 is 0. The van der Waals surface area contributed by atoms with Crippen molar-refractivity contribution in [2.24, 2.45) is 0 Å². The Bertz CT molecular complexity index is 505. The summed E-state index contributed by atoms with van der Waals surface area (Å²) in [6.45, 7) is 4.63. The molecule has 2 rings (SSSR count). The molecule has 3 nitrogen and oxygen atoms in total. The Hall–Kier alpha value is -1.74. The maximum Gasteiger partial charge on any atom is 0.124 e. The molecule has 0 fully saturated rings. The van der Waals surface area contributed by atoms with Gasteiger partial charge in [0.25, 0.3) is 0 Å². The molecule has 1 N–H and O–H groups in total. The van der Waals surface area contributed by atoms with Crippen LogP contribution in [0.25, 0.3) is 0 Å². The largest absolute Gasteiger partial charge is 0.494 e. The number of benzene rings is 1. The third-order valence-corrected chi connectivity index (χ3v) is 3.03. The summed E-state index contributed by atoms with van der Waals surface area (Å²) in [5.41, 5.74) is 2.27. The van der Waals surface area contributed by atoms with Crippen molar-refractivity contribution in [1.82, 2.24) is 5.32 Å². The van der Waals surface area contributed by atoms with Crippen molar-refractivity contribution < 1.29 is 9.15 Å². The lowest BCUT2D eigenvalue weighted by Gasteiger charge is -2.19. The molecular formula is C15H19NO2. The van der Waals surface area contributed by atoms with Crippen molar-refractivity contribution >= 4 is 0 Å². The van der Waals surface area contributed by atoms with E-state index in [1.165, 1.54) is 0 Å². The Morgan fingerprint density at radius 1 is 1.22 bits per heavy atom. The molecule has 1 aromatic heterocycles. The van der Waals surface area contributed by atoms with Crippen LogP contribution in [0.4, 0.5) is 0 Å². The lowest BCUT2D eigenvalue weighted by Crippen LogP contribution is -2.18. The number of para-hydroxylation sites is 1. The van der Waals surface area contributed by atoms with Gasteiger partial charge in [-0.2, -0.15) is 0 Å². The van der Waals surface area contributed by atoms with Crippen molar-refractivity contribution in [3.63, 3.8) is 0 Å². The highest BCUT2D eigenvalue weighted by Crippen LogP contribution is 2.31. The highest BCUT2D eigenvalue weighted by atomic mass is 16.5. The number of furan rings is 1. The van der Waals surface area contributed by atoms with Crippen molar-refractivity contribution in [1.29, 1.82) is 0 Å². The van der Waals surface area contributed by atoms with Crippen LogP contribution in [-0.4, -0.2) is 13.7 Å². The van der Waals surface area contributed by atoms with Gasteiger partial charge >= 0.3 is 0 Å². The Kier molecular flexibility index (Phi) is 4.05. The molecule has 1 unspecified atom stereocenters. The summed E-state index contributed by atoms with van der Waals surface area (Å²) in [6.07, 6.45) is 1.72. The number of nitrogens with one attached hydrogen (secondary N) is 1. The molecule has 0 saturated heterocycles. The fourth-order valence-electron chi connectivity index (χ4n) is 2.18. The van der Waals surface area contributed by atoms with Crippen molar-refractivity contribution in [3.05, 3.63) is 53.5 Å². The van der Waals surface area contributed by atoms with E-state index in [4.69, 9.17) is 9.15 Å². The second-order valence-electron chi connectivity index (χ2n) is 4.12. The predicted octanol–water partition coefficient (Wildman–Crippen LogP) is 3.30. The third kappa shape index (κ3) is 2.41. The van der Waals surface area contributed by atoms with E-state index in [9.17, 15) is 0 Å². The number of aryl methyl sites for hydroxylation is 1. The van der Waals surface area contributed by atoms with Crippen LogP contribution in [0.3, 0.4) is 0 Å². The highest BCUT2D eigenvalue weighted by Gasteiger charge is 2.19. The summed E-state index contributed by atoms with van der Waals surface area (Å²) in [4.78, 5) is 0. The Morgan fingerprint density at radius 3 is 2.61 bits per heavy atom. The summed E-state index contributed by atoms with van der Waals surface area (Å²) in [6, 6.07) is 10.2. The molecule has 0 saturated carbocycles. The van der Waals surface area contributed by atoms with Gasteiger partial charge in [0.1, 0.15) is 11.5 Å². The molecule has 2 aromatic rings. The van der Waals surface area contributed by atoms with Crippen molar-refractivity contribution in [3.8, 4) is 5.75 Å². The molecule has 0 amide bonds. The quantitative estimate of drug-likeness (QED) is 0.877. The maximum absolute atomic E-state index is 5.69. The van der Waals surface area contributed by atoms with Gasteiger partial charge in [0.15, 0.2) is 0 Å². The van der Waals surface area contributed by atoms with Gasteiger partial charge in [-0.15, -0.1) is 0 Å². The van der Waals surface area contributed by atoms with Crippen LogP contribution >= 0.6 is 0 Å². The molecular weight excluding hydrogens is 226 g/mol. The monoisotopic (exact) mass is 245 g/mol.